The van der Waals surface area contributed by atoms with E-state index in [0.717, 1.165) is 11.3 Å². The Labute approximate surface area is 56.6 Å². The lowest BCUT2D eigenvalue weighted by Gasteiger charge is -1.97. The third-order valence-electron chi connectivity index (χ3n) is 1.18. The van der Waals surface area contributed by atoms with E-state index in [4.69, 9.17) is 5.73 Å². The predicted molar refractivity (Wildman–Crippen MR) is 41.9 cm³/mol. The van der Waals surface area contributed by atoms with Crippen molar-refractivity contribution in [3.05, 3.63) is 36.1 Å². The second-order valence-corrected chi connectivity index (χ2v) is 1.69. The molecule has 2 N–H and O–H groups in total. The first kappa shape index (κ1) is 8.02. The lowest BCUT2D eigenvalue weighted by atomic mass is 10.2. The van der Waals surface area contributed by atoms with E-state index in [0.29, 0.717) is 0 Å². The highest BCUT2D eigenvalue weighted by Gasteiger charge is 1.88. The summed E-state index contributed by atoms with van der Waals surface area (Å²) in [6.45, 7) is 7.45. The molecule has 1 nitrogen and oxygen atoms in total. The molecule has 0 saturated heterocycles. The van der Waals surface area contributed by atoms with Gasteiger partial charge in [0.25, 0.3) is 0 Å². The molecule has 0 aromatic rings. The van der Waals surface area contributed by atoms with Crippen LogP contribution in [0.25, 0.3) is 0 Å². The summed E-state index contributed by atoms with van der Waals surface area (Å²) in [7, 11) is 0. The van der Waals surface area contributed by atoms with Gasteiger partial charge in [0, 0.05) is 5.70 Å². The van der Waals surface area contributed by atoms with E-state index in [1.807, 2.05) is 26.0 Å². The summed E-state index contributed by atoms with van der Waals surface area (Å²) in [5.74, 6) is 0. The van der Waals surface area contributed by atoms with Crippen LogP contribution < -0.4 is 5.73 Å². The molecule has 0 unspecified atom stereocenters. The Morgan fingerprint density at radius 1 is 1.33 bits per heavy atom. The van der Waals surface area contributed by atoms with E-state index >= 15 is 0 Å². The van der Waals surface area contributed by atoms with Gasteiger partial charge in [-0.25, -0.2) is 0 Å². The van der Waals surface area contributed by atoms with E-state index < -0.39 is 0 Å². The second kappa shape index (κ2) is 3.96. The topological polar surface area (TPSA) is 26.0 Å². The summed E-state index contributed by atoms with van der Waals surface area (Å²) in [6, 6.07) is 0. The Hall–Kier alpha value is -0.980. The molecule has 0 aromatic carbocycles. The minimum Gasteiger partial charge on any atom is -0.399 e. The first-order valence-electron chi connectivity index (χ1n) is 2.97. The molecule has 0 amide bonds. The Morgan fingerprint density at radius 3 is 2.00 bits per heavy atom. The van der Waals surface area contributed by atoms with Crippen LogP contribution in [0.3, 0.4) is 0 Å². The number of allylic oxidation sites excluding steroid dienone is 3. The van der Waals surface area contributed by atoms with Crippen molar-refractivity contribution in [3.63, 3.8) is 0 Å². The first-order chi connectivity index (χ1) is 4.26. The normalized spacial score (nSPS) is 13.6. The van der Waals surface area contributed by atoms with Crippen LogP contribution >= 0.6 is 0 Å². The summed E-state index contributed by atoms with van der Waals surface area (Å²) in [5, 5.41) is 0. The van der Waals surface area contributed by atoms with Gasteiger partial charge in [0.2, 0.25) is 0 Å². The third-order valence-corrected chi connectivity index (χ3v) is 1.18. The minimum atomic E-state index is 0.785. The fourth-order valence-corrected chi connectivity index (χ4v) is 0.569. The molecule has 0 spiro atoms. The largest absolute Gasteiger partial charge is 0.399 e. The molecule has 0 rings (SSSR count). The molecule has 0 aliphatic heterocycles. The molecular formula is C8H13N. The lowest BCUT2D eigenvalue weighted by molar-refractivity contribution is 1.32. The lowest BCUT2D eigenvalue weighted by Crippen LogP contribution is -1.97. The van der Waals surface area contributed by atoms with Crippen LogP contribution in [0.5, 0.6) is 0 Å². The van der Waals surface area contributed by atoms with Crippen molar-refractivity contribution in [1.82, 2.24) is 0 Å². The van der Waals surface area contributed by atoms with E-state index in [-0.39, 0.29) is 0 Å². The second-order valence-electron chi connectivity index (χ2n) is 1.69. The van der Waals surface area contributed by atoms with Crippen molar-refractivity contribution in [2.24, 2.45) is 5.73 Å². The van der Waals surface area contributed by atoms with Gasteiger partial charge >= 0.3 is 0 Å². The molecule has 0 aromatic heterocycles. The first-order valence-corrected chi connectivity index (χ1v) is 2.97. The zero-order valence-electron chi connectivity index (χ0n) is 6.02. The number of hydrogen-bond donors (Lipinski definition) is 1. The van der Waals surface area contributed by atoms with Gasteiger partial charge in [-0.1, -0.05) is 24.8 Å². The molecule has 0 heterocycles. The number of nitrogens with two attached hydrogens (primary N) is 1. The fourth-order valence-electron chi connectivity index (χ4n) is 0.569. The van der Waals surface area contributed by atoms with Crippen molar-refractivity contribution in [2.45, 2.75) is 13.8 Å². The standard InChI is InChI=1S/C8H13N/c1-4-7(5-2)8(9)6-3/h4-6H,1,9H2,2-3H3/b7-5+,8-6-. The van der Waals surface area contributed by atoms with Crippen LogP contribution in [0, 0.1) is 0 Å². The molecule has 0 atom stereocenters. The molecule has 50 valence electrons. The van der Waals surface area contributed by atoms with Gasteiger partial charge in [-0.15, -0.1) is 0 Å². The molecule has 0 radical (unpaired) electrons. The maximum absolute atomic E-state index is 5.56. The van der Waals surface area contributed by atoms with Crippen molar-refractivity contribution >= 4 is 0 Å². The molecular weight excluding hydrogens is 110 g/mol. The predicted octanol–water partition coefficient (Wildman–Crippen LogP) is 1.98. The smallest absolute Gasteiger partial charge is 0.0340 e. The molecule has 0 saturated carbocycles. The zero-order valence-corrected chi connectivity index (χ0v) is 6.02. The monoisotopic (exact) mass is 123 g/mol. The molecule has 0 aliphatic rings. The molecule has 0 bridgehead atoms. The highest BCUT2D eigenvalue weighted by molar-refractivity contribution is 5.35. The van der Waals surface area contributed by atoms with Gasteiger partial charge in [0.05, 0.1) is 0 Å². The summed E-state index contributed by atoms with van der Waals surface area (Å²) >= 11 is 0. The van der Waals surface area contributed by atoms with Crippen LogP contribution in [0.15, 0.2) is 36.1 Å². The van der Waals surface area contributed by atoms with E-state index in [1.54, 1.807) is 6.08 Å². The van der Waals surface area contributed by atoms with Crippen LogP contribution in [0.2, 0.25) is 0 Å². The Balaban J connectivity index is 4.32. The molecule has 0 aliphatic carbocycles. The molecule has 0 fully saturated rings. The van der Waals surface area contributed by atoms with Crippen LogP contribution in [0.1, 0.15) is 13.8 Å². The van der Waals surface area contributed by atoms with Gasteiger partial charge < -0.3 is 5.73 Å². The average molecular weight is 123 g/mol. The van der Waals surface area contributed by atoms with Gasteiger partial charge in [-0.05, 0) is 19.4 Å². The third kappa shape index (κ3) is 2.17. The summed E-state index contributed by atoms with van der Waals surface area (Å²) < 4.78 is 0. The van der Waals surface area contributed by atoms with Gasteiger partial charge in [-0.3, -0.25) is 0 Å². The Morgan fingerprint density at radius 2 is 1.89 bits per heavy atom. The van der Waals surface area contributed by atoms with E-state index in [2.05, 4.69) is 6.58 Å². The van der Waals surface area contributed by atoms with E-state index in [9.17, 15) is 0 Å². The number of hydrogen-bond acceptors (Lipinski definition) is 1. The van der Waals surface area contributed by atoms with Crippen LogP contribution in [-0.2, 0) is 0 Å². The van der Waals surface area contributed by atoms with Crippen molar-refractivity contribution in [1.29, 1.82) is 0 Å². The van der Waals surface area contributed by atoms with Crippen LogP contribution in [-0.4, -0.2) is 0 Å². The summed E-state index contributed by atoms with van der Waals surface area (Å²) in [6.07, 6.45) is 5.54. The Kier molecular flexibility index (Phi) is 3.52. The quantitative estimate of drug-likeness (QED) is 0.558. The van der Waals surface area contributed by atoms with Gasteiger partial charge in [-0.2, -0.15) is 0 Å². The maximum Gasteiger partial charge on any atom is 0.0340 e. The fraction of sp³-hybridized carbons (Fsp3) is 0.250. The van der Waals surface area contributed by atoms with Gasteiger partial charge in [0.15, 0.2) is 0 Å². The van der Waals surface area contributed by atoms with Crippen molar-refractivity contribution < 1.29 is 0 Å². The number of rotatable bonds is 2. The highest BCUT2D eigenvalue weighted by atomic mass is 14.6. The zero-order chi connectivity index (χ0) is 7.28. The summed E-state index contributed by atoms with van der Waals surface area (Å²) in [4.78, 5) is 0. The Bertz CT molecular complexity index is 152. The molecule has 9 heavy (non-hydrogen) atoms. The van der Waals surface area contributed by atoms with Crippen LogP contribution in [0.4, 0.5) is 0 Å². The van der Waals surface area contributed by atoms with Crippen molar-refractivity contribution in [3.8, 4) is 0 Å². The SMILES string of the molecule is C=CC(=C\C)/C(N)=C/C. The van der Waals surface area contributed by atoms with Gasteiger partial charge in [0.1, 0.15) is 0 Å². The van der Waals surface area contributed by atoms with Crippen molar-refractivity contribution in [2.75, 3.05) is 0 Å². The summed E-state index contributed by atoms with van der Waals surface area (Å²) in [5.41, 5.74) is 7.34. The highest BCUT2D eigenvalue weighted by Crippen LogP contribution is 2.02. The van der Waals surface area contributed by atoms with E-state index in [1.165, 1.54) is 0 Å². The minimum absolute atomic E-state index is 0.785. The molecule has 1 heteroatoms. The average Bonchev–Trinajstić information content (AvgIpc) is 1.90. The maximum atomic E-state index is 5.56.